The van der Waals surface area contributed by atoms with E-state index in [0.717, 1.165) is 109 Å². The Morgan fingerprint density at radius 3 is 1.23 bits per heavy atom. The van der Waals surface area contributed by atoms with Gasteiger partial charge in [-0.1, -0.05) is 196 Å². The second-order valence-electron chi connectivity index (χ2n) is 16.0. The van der Waals surface area contributed by atoms with E-state index in [4.69, 9.17) is 14.2 Å². The van der Waals surface area contributed by atoms with Crippen LogP contribution in [-0.2, 0) is 28.6 Å². The number of hydrogen-bond acceptors (Lipinski definition) is 6. The molecule has 0 heterocycles. The maximum absolute atomic E-state index is 12.7. The second kappa shape index (κ2) is 48.3. The molecule has 0 aromatic rings. The van der Waals surface area contributed by atoms with Gasteiger partial charge in [0.1, 0.15) is 13.2 Å². The first kappa shape index (κ1) is 56.6. The van der Waals surface area contributed by atoms with Crippen molar-refractivity contribution in [3.05, 3.63) is 85.1 Å². The molecule has 0 amide bonds. The molecule has 0 saturated heterocycles. The molecule has 1 unspecified atom stereocenters. The molecule has 342 valence electrons. The van der Waals surface area contributed by atoms with Crippen molar-refractivity contribution >= 4 is 17.9 Å². The van der Waals surface area contributed by atoms with E-state index >= 15 is 0 Å². The monoisotopic (exact) mass is 835 g/mol. The zero-order valence-corrected chi connectivity index (χ0v) is 38.9. The number of esters is 3. The van der Waals surface area contributed by atoms with Crippen LogP contribution in [0.2, 0.25) is 0 Å². The Hall–Kier alpha value is -3.41. The van der Waals surface area contributed by atoms with Gasteiger partial charge >= 0.3 is 17.9 Å². The van der Waals surface area contributed by atoms with Gasteiger partial charge in [0, 0.05) is 19.3 Å². The minimum atomic E-state index is -0.801. The molecule has 0 rings (SSSR count). The number of carbonyl (C=O) groups excluding carboxylic acids is 3. The van der Waals surface area contributed by atoms with Crippen LogP contribution in [0.1, 0.15) is 220 Å². The summed E-state index contributed by atoms with van der Waals surface area (Å²) >= 11 is 0. The zero-order valence-electron chi connectivity index (χ0n) is 38.9. The van der Waals surface area contributed by atoms with Crippen LogP contribution < -0.4 is 0 Å². The lowest BCUT2D eigenvalue weighted by Crippen LogP contribution is -2.30. The molecule has 0 aromatic carbocycles. The van der Waals surface area contributed by atoms with Crippen LogP contribution in [0, 0.1) is 0 Å². The fourth-order valence-corrected chi connectivity index (χ4v) is 6.53. The fraction of sp³-hybridized carbons (Fsp3) is 0.685. The van der Waals surface area contributed by atoms with E-state index in [-0.39, 0.29) is 31.1 Å². The van der Waals surface area contributed by atoms with E-state index in [0.29, 0.717) is 19.3 Å². The predicted molar refractivity (Wildman–Crippen MR) is 256 cm³/mol. The molecule has 0 aliphatic rings. The van der Waals surface area contributed by atoms with E-state index < -0.39 is 6.10 Å². The Morgan fingerprint density at radius 1 is 0.367 bits per heavy atom. The summed E-state index contributed by atoms with van der Waals surface area (Å²) in [7, 11) is 0. The van der Waals surface area contributed by atoms with Gasteiger partial charge in [0.2, 0.25) is 0 Å². The Morgan fingerprint density at radius 2 is 0.733 bits per heavy atom. The molecule has 0 fully saturated rings. The summed E-state index contributed by atoms with van der Waals surface area (Å²) in [5.41, 5.74) is 0. The van der Waals surface area contributed by atoms with Gasteiger partial charge in [0.05, 0.1) is 0 Å². The minimum Gasteiger partial charge on any atom is -0.462 e. The SMILES string of the molecule is CC\C=C/C=C\C=C/CCCCCCCCCC(=O)OC(COC(=O)CCCC/C=C\C/C=C\CC)COC(=O)CCCCCCC/C=C\C=C/CCCCCCCCC. The Kier molecular flexibility index (Phi) is 45.5. The summed E-state index contributed by atoms with van der Waals surface area (Å²) in [6.07, 6.45) is 61.5. The summed E-state index contributed by atoms with van der Waals surface area (Å²) in [6.45, 7) is 6.31. The highest BCUT2D eigenvalue weighted by Crippen LogP contribution is 2.13. The first-order valence-corrected chi connectivity index (χ1v) is 24.6. The van der Waals surface area contributed by atoms with E-state index in [9.17, 15) is 14.4 Å². The van der Waals surface area contributed by atoms with Crippen LogP contribution >= 0.6 is 0 Å². The Labute approximate surface area is 369 Å². The van der Waals surface area contributed by atoms with Crippen LogP contribution in [-0.4, -0.2) is 37.2 Å². The molecule has 60 heavy (non-hydrogen) atoms. The normalized spacial score (nSPS) is 12.8. The second-order valence-corrected chi connectivity index (χ2v) is 16.0. The molecular formula is C54H90O6. The van der Waals surface area contributed by atoms with Crippen LogP contribution in [0.25, 0.3) is 0 Å². The summed E-state index contributed by atoms with van der Waals surface area (Å²) in [5.74, 6) is -0.969. The van der Waals surface area contributed by atoms with Crippen molar-refractivity contribution in [1.29, 1.82) is 0 Å². The third-order valence-corrected chi connectivity index (χ3v) is 10.2. The van der Waals surface area contributed by atoms with E-state index in [1.807, 2.05) is 0 Å². The van der Waals surface area contributed by atoms with Gasteiger partial charge in [-0.15, -0.1) is 0 Å². The molecule has 0 bridgehead atoms. The van der Waals surface area contributed by atoms with Crippen molar-refractivity contribution in [3.63, 3.8) is 0 Å². The molecule has 0 radical (unpaired) electrons. The van der Waals surface area contributed by atoms with Gasteiger partial charge in [0.25, 0.3) is 0 Å². The maximum atomic E-state index is 12.7. The first-order valence-electron chi connectivity index (χ1n) is 24.6. The average Bonchev–Trinajstić information content (AvgIpc) is 3.24. The van der Waals surface area contributed by atoms with E-state index in [1.54, 1.807) is 0 Å². The van der Waals surface area contributed by atoms with E-state index in [1.165, 1.54) is 70.6 Å². The van der Waals surface area contributed by atoms with Crippen LogP contribution in [0.5, 0.6) is 0 Å². The molecule has 0 saturated carbocycles. The lowest BCUT2D eigenvalue weighted by molar-refractivity contribution is -0.167. The molecular weight excluding hydrogens is 745 g/mol. The highest BCUT2D eigenvalue weighted by Gasteiger charge is 2.19. The van der Waals surface area contributed by atoms with Crippen molar-refractivity contribution in [2.45, 2.75) is 226 Å². The third-order valence-electron chi connectivity index (χ3n) is 10.2. The standard InChI is InChI=1S/C54H90O6/c1-4-7-10-13-16-19-21-23-25-26-27-29-30-32-35-38-41-44-47-53(56)59-50-51(49-58-52(55)46-43-40-37-34-18-15-12-9-6-3)60-54(57)48-45-42-39-36-33-31-28-24-22-20-17-14-11-8-5-2/h8-9,11-12,14,17-18,20,22,25-27,29,34,51H,4-7,10,13,15-16,19,21,23-24,28,30-33,35-50H2,1-3H3/b11-8-,12-9-,17-14-,22-20-,26-25-,29-27-,34-18-. The lowest BCUT2D eigenvalue weighted by atomic mass is 10.1. The molecule has 0 aliphatic carbocycles. The smallest absolute Gasteiger partial charge is 0.306 e. The molecule has 0 aliphatic heterocycles. The van der Waals surface area contributed by atoms with Gasteiger partial charge in [-0.25, -0.2) is 0 Å². The predicted octanol–water partition coefficient (Wildman–Crippen LogP) is 16.0. The highest BCUT2D eigenvalue weighted by molar-refractivity contribution is 5.71. The molecule has 6 nitrogen and oxygen atoms in total. The maximum Gasteiger partial charge on any atom is 0.306 e. The molecule has 0 aromatic heterocycles. The van der Waals surface area contributed by atoms with E-state index in [2.05, 4.69) is 106 Å². The summed E-state index contributed by atoms with van der Waals surface area (Å²) in [5, 5.41) is 0. The highest BCUT2D eigenvalue weighted by atomic mass is 16.6. The van der Waals surface area contributed by atoms with Crippen LogP contribution in [0.3, 0.4) is 0 Å². The number of ether oxygens (including phenoxy) is 3. The summed E-state index contributed by atoms with van der Waals surface area (Å²) < 4.78 is 16.7. The minimum absolute atomic E-state index is 0.101. The average molecular weight is 835 g/mol. The van der Waals surface area contributed by atoms with Crippen molar-refractivity contribution in [2.75, 3.05) is 13.2 Å². The number of rotatable bonds is 43. The van der Waals surface area contributed by atoms with Gasteiger partial charge in [0.15, 0.2) is 6.10 Å². The van der Waals surface area contributed by atoms with Crippen LogP contribution in [0.4, 0.5) is 0 Å². The third kappa shape index (κ3) is 45.7. The van der Waals surface area contributed by atoms with Crippen molar-refractivity contribution in [2.24, 2.45) is 0 Å². The Bertz CT molecular complexity index is 1190. The number of carbonyl (C=O) groups is 3. The largest absolute Gasteiger partial charge is 0.462 e. The van der Waals surface area contributed by atoms with Gasteiger partial charge in [-0.05, 0) is 89.9 Å². The fourth-order valence-electron chi connectivity index (χ4n) is 6.53. The summed E-state index contributed by atoms with van der Waals surface area (Å²) in [6, 6.07) is 0. The molecule has 0 N–H and O–H groups in total. The van der Waals surface area contributed by atoms with Gasteiger partial charge in [-0.3, -0.25) is 14.4 Å². The lowest BCUT2D eigenvalue weighted by Gasteiger charge is -2.18. The zero-order chi connectivity index (χ0) is 43.7. The number of hydrogen-bond donors (Lipinski definition) is 0. The van der Waals surface area contributed by atoms with Crippen molar-refractivity contribution in [1.82, 2.24) is 0 Å². The molecule has 1 atom stereocenters. The Balaban J connectivity index is 4.40. The quantitative estimate of drug-likeness (QED) is 0.0200. The van der Waals surface area contributed by atoms with Gasteiger partial charge in [-0.2, -0.15) is 0 Å². The number of allylic oxidation sites excluding steroid dienone is 14. The first-order chi connectivity index (χ1) is 29.5. The molecule has 6 heteroatoms. The topological polar surface area (TPSA) is 78.9 Å². The van der Waals surface area contributed by atoms with Crippen molar-refractivity contribution < 1.29 is 28.6 Å². The summed E-state index contributed by atoms with van der Waals surface area (Å²) in [4.78, 5) is 37.8. The van der Waals surface area contributed by atoms with Crippen molar-refractivity contribution in [3.8, 4) is 0 Å². The van der Waals surface area contributed by atoms with Gasteiger partial charge < -0.3 is 14.2 Å². The molecule has 0 spiro atoms. The number of unbranched alkanes of at least 4 members (excludes halogenated alkanes) is 21. The van der Waals surface area contributed by atoms with Crippen LogP contribution in [0.15, 0.2) is 85.1 Å².